The van der Waals surface area contributed by atoms with E-state index in [2.05, 4.69) is 31.8 Å². The molecule has 3 aromatic rings. The molecule has 0 aliphatic carbocycles. The van der Waals surface area contributed by atoms with Gasteiger partial charge < -0.3 is 4.57 Å². The van der Waals surface area contributed by atoms with Gasteiger partial charge in [0.2, 0.25) is 0 Å². The van der Waals surface area contributed by atoms with Crippen molar-refractivity contribution >= 4 is 38.9 Å². The number of hydrogen-bond donors (Lipinski definition) is 2. The molecule has 1 aromatic carbocycles. The van der Waals surface area contributed by atoms with Gasteiger partial charge in [-0.25, -0.2) is 9.78 Å². The number of fused-ring (bicyclic) bond motifs is 1. The van der Waals surface area contributed by atoms with E-state index in [4.69, 9.17) is 0 Å². The third-order valence-electron chi connectivity index (χ3n) is 3.97. The van der Waals surface area contributed by atoms with Crippen LogP contribution >= 0.6 is 15.9 Å². The Labute approximate surface area is 160 Å². The zero-order chi connectivity index (χ0) is 19.7. The molecule has 2 N–H and O–H groups in total. The van der Waals surface area contributed by atoms with E-state index in [1.807, 2.05) is 0 Å². The Hall–Kier alpha value is -3.21. The predicted molar refractivity (Wildman–Crippen MR) is 100.0 cm³/mol. The fourth-order valence-electron chi connectivity index (χ4n) is 2.55. The summed E-state index contributed by atoms with van der Waals surface area (Å²) in [5, 5.41) is 0. The number of benzene rings is 1. The molecule has 0 bridgehead atoms. The molecule has 2 aromatic heterocycles. The number of nitrogens with one attached hydrogen (secondary N) is 2. The van der Waals surface area contributed by atoms with Crippen molar-refractivity contribution in [2.24, 2.45) is 14.1 Å². The molecule has 0 unspecified atom stereocenters. The molecule has 140 valence electrons. The summed E-state index contributed by atoms with van der Waals surface area (Å²) < 4.78 is 4.06. The summed E-state index contributed by atoms with van der Waals surface area (Å²) in [6.07, 6.45) is 1.29. The fourth-order valence-corrected chi connectivity index (χ4v) is 3.02. The molecular weight excluding hydrogens is 420 g/mol. The molecule has 11 heteroatoms. The zero-order valence-corrected chi connectivity index (χ0v) is 16.0. The first-order valence-electron chi connectivity index (χ1n) is 7.76. The van der Waals surface area contributed by atoms with Crippen LogP contribution in [0.25, 0.3) is 11.2 Å². The van der Waals surface area contributed by atoms with E-state index in [-0.39, 0.29) is 17.7 Å². The van der Waals surface area contributed by atoms with E-state index in [1.54, 1.807) is 24.3 Å². The van der Waals surface area contributed by atoms with E-state index in [1.165, 1.54) is 29.6 Å². The molecule has 0 fully saturated rings. The number of hydrazine groups is 1. The van der Waals surface area contributed by atoms with Crippen LogP contribution in [-0.4, -0.2) is 30.5 Å². The first kappa shape index (κ1) is 18.6. The van der Waals surface area contributed by atoms with Gasteiger partial charge in [0.15, 0.2) is 11.2 Å². The summed E-state index contributed by atoms with van der Waals surface area (Å²) in [6, 6.07) is 6.75. The van der Waals surface area contributed by atoms with Gasteiger partial charge in [-0.2, -0.15) is 0 Å². The zero-order valence-electron chi connectivity index (χ0n) is 14.4. The van der Waals surface area contributed by atoms with Gasteiger partial charge in [0.25, 0.3) is 17.4 Å². The molecule has 0 saturated heterocycles. The summed E-state index contributed by atoms with van der Waals surface area (Å²) >= 11 is 3.26. The van der Waals surface area contributed by atoms with E-state index in [0.29, 0.717) is 10.0 Å². The maximum Gasteiger partial charge on any atom is 0.332 e. The van der Waals surface area contributed by atoms with Crippen molar-refractivity contribution < 1.29 is 9.59 Å². The quantitative estimate of drug-likeness (QED) is 0.546. The highest BCUT2D eigenvalue weighted by molar-refractivity contribution is 9.10. The van der Waals surface area contributed by atoms with E-state index >= 15 is 0 Å². The van der Waals surface area contributed by atoms with Crippen molar-refractivity contribution in [1.82, 2.24) is 29.5 Å². The normalized spacial score (nSPS) is 10.8. The number of carbonyl (C=O) groups excluding carboxylic acids is 2. The van der Waals surface area contributed by atoms with Crippen LogP contribution in [-0.2, 0) is 25.4 Å². The summed E-state index contributed by atoms with van der Waals surface area (Å²) in [5.74, 6) is -1.06. The second-order valence-corrected chi connectivity index (χ2v) is 6.59. The van der Waals surface area contributed by atoms with Crippen LogP contribution in [0.4, 0.5) is 0 Å². The second kappa shape index (κ2) is 7.19. The highest BCUT2D eigenvalue weighted by atomic mass is 79.9. The van der Waals surface area contributed by atoms with Crippen LogP contribution in [0, 0.1) is 0 Å². The SMILES string of the molecule is Cn1c(=O)c2c(ncn2CC(=O)NNC(=O)c2ccccc2Br)n(C)c1=O. The third-order valence-corrected chi connectivity index (χ3v) is 4.66. The minimum absolute atomic E-state index is 0.117. The smallest absolute Gasteiger partial charge is 0.315 e. The van der Waals surface area contributed by atoms with Gasteiger partial charge in [0, 0.05) is 18.6 Å². The highest BCUT2D eigenvalue weighted by Gasteiger charge is 2.16. The lowest BCUT2D eigenvalue weighted by Gasteiger charge is -2.09. The number of hydrogen-bond acceptors (Lipinski definition) is 5. The molecule has 0 spiro atoms. The Balaban J connectivity index is 1.77. The number of aryl methyl sites for hydroxylation is 1. The molecule has 0 saturated carbocycles. The Morgan fingerprint density at radius 1 is 1.11 bits per heavy atom. The summed E-state index contributed by atoms with van der Waals surface area (Å²) in [5.41, 5.74) is 4.17. The number of halogens is 1. The maximum atomic E-state index is 12.3. The van der Waals surface area contributed by atoms with Crippen molar-refractivity contribution in [3.8, 4) is 0 Å². The lowest BCUT2D eigenvalue weighted by Crippen LogP contribution is -2.43. The standard InChI is InChI=1S/C16H15BrN6O4/c1-21-13-12(15(26)22(2)16(21)27)23(8-18-13)7-11(24)19-20-14(25)9-5-3-4-6-10(9)17/h3-6,8H,7H2,1-2H3,(H,19,24)(H,20,25). The monoisotopic (exact) mass is 434 g/mol. The van der Waals surface area contributed by atoms with Crippen LogP contribution in [0.5, 0.6) is 0 Å². The Kier molecular flexibility index (Phi) is 4.95. The van der Waals surface area contributed by atoms with E-state index < -0.39 is 23.1 Å². The largest absolute Gasteiger partial charge is 0.332 e. The van der Waals surface area contributed by atoms with Crippen molar-refractivity contribution in [3.63, 3.8) is 0 Å². The van der Waals surface area contributed by atoms with Gasteiger partial charge in [-0.3, -0.25) is 34.4 Å². The average molecular weight is 435 g/mol. The number of imidazole rings is 1. The minimum Gasteiger partial charge on any atom is -0.315 e. The van der Waals surface area contributed by atoms with Gasteiger partial charge in [-0.05, 0) is 28.1 Å². The van der Waals surface area contributed by atoms with Crippen LogP contribution < -0.4 is 22.1 Å². The Morgan fingerprint density at radius 3 is 2.52 bits per heavy atom. The molecule has 2 amide bonds. The summed E-state index contributed by atoms with van der Waals surface area (Å²) in [7, 11) is 2.83. The molecule has 10 nitrogen and oxygen atoms in total. The van der Waals surface area contributed by atoms with Crippen LogP contribution in [0.15, 0.2) is 44.7 Å². The molecule has 0 aliphatic rings. The van der Waals surface area contributed by atoms with Crippen molar-refractivity contribution in [2.75, 3.05) is 0 Å². The first-order valence-corrected chi connectivity index (χ1v) is 8.55. The van der Waals surface area contributed by atoms with Gasteiger partial charge >= 0.3 is 5.69 Å². The Morgan fingerprint density at radius 2 is 1.81 bits per heavy atom. The summed E-state index contributed by atoms with van der Waals surface area (Å²) in [6.45, 7) is -0.264. The third kappa shape index (κ3) is 3.40. The lowest BCUT2D eigenvalue weighted by molar-refractivity contribution is -0.122. The van der Waals surface area contributed by atoms with Gasteiger partial charge in [-0.1, -0.05) is 12.1 Å². The van der Waals surface area contributed by atoms with Gasteiger partial charge in [0.1, 0.15) is 6.54 Å². The molecule has 0 aliphatic heterocycles. The number of nitrogens with zero attached hydrogens (tertiary/aromatic N) is 4. The van der Waals surface area contributed by atoms with Gasteiger partial charge in [0.05, 0.1) is 11.9 Å². The number of aromatic nitrogens is 4. The second-order valence-electron chi connectivity index (χ2n) is 5.73. The molecule has 2 heterocycles. The number of amides is 2. The molecule has 0 atom stereocenters. The number of carbonyl (C=O) groups is 2. The fraction of sp³-hybridized carbons (Fsp3) is 0.188. The molecular formula is C16H15BrN6O4. The summed E-state index contributed by atoms with van der Waals surface area (Å²) in [4.78, 5) is 52.5. The van der Waals surface area contributed by atoms with Crippen LogP contribution in [0.3, 0.4) is 0 Å². The van der Waals surface area contributed by atoms with Crippen LogP contribution in [0.2, 0.25) is 0 Å². The van der Waals surface area contributed by atoms with E-state index in [0.717, 1.165) is 4.57 Å². The van der Waals surface area contributed by atoms with Crippen LogP contribution in [0.1, 0.15) is 10.4 Å². The first-order chi connectivity index (χ1) is 12.8. The van der Waals surface area contributed by atoms with Crippen molar-refractivity contribution in [2.45, 2.75) is 6.54 Å². The van der Waals surface area contributed by atoms with Crippen molar-refractivity contribution in [1.29, 1.82) is 0 Å². The number of rotatable bonds is 3. The van der Waals surface area contributed by atoms with Gasteiger partial charge in [-0.15, -0.1) is 0 Å². The molecule has 3 rings (SSSR count). The maximum absolute atomic E-state index is 12.3. The predicted octanol–water partition coefficient (Wildman–Crippen LogP) is -0.343. The minimum atomic E-state index is -0.564. The molecule has 0 radical (unpaired) electrons. The highest BCUT2D eigenvalue weighted by Crippen LogP contribution is 2.15. The molecule has 27 heavy (non-hydrogen) atoms. The van der Waals surface area contributed by atoms with Crippen molar-refractivity contribution in [3.05, 3.63) is 61.5 Å². The average Bonchev–Trinajstić information content (AvgIpc) is 3.06. The lowest BCUT2D eigenvalue weighted by atomic mass is 10.2. The Bertz CT molecular complexity index is 1180. The topological polar surface area (TPSA) is 120 Å². The van der Waals surface area contributed by atoms with E-state index in [9.17, 15) is 19.2 Å².